The number of ether oxygens (including phenoxy) is 2. The first-order valence-corrected chi connectivity index (χ1v) is 12.5. The van der Waals surface area contributed by atoms with Gasteiger partial charge in [-0.2, -0.15) is 0 Å². The summed E-state index contributed by atoms with van der Waals surface area (Å²) < 4.78 is 11.3. The van der Waals surface area contributed by atoms with Crippen LogP contribution in [0.4, 0.5) is 9.93 Å². The number of rotatable bonds is 9. The molecule has 3 amide bonds. The standard InChI is InChI=1S/C24H20ClN3O5S2/c1-32-19-12-16(4-7-18(19)33-14-15-2-5-17(25)6-3-15)13-20-22(30)28(24(31)35-20)10-8-21(29)27-23-26-9-11-34-23/h2-7,9,11-13H,8,10,14H2,1H3,(H,26,27,29). The molecule has 1 aliphatic heterocycles. The van der Waals surface area contributed by atoms with Gasteiger partial charge in [0.05, 0.1) is 12.0 Å². The number of halogens is 1. The van der Waals surface area contributed by atoms with Crippen LogP contribution >= 0.6 is 34.7 Å². The van der Waals surface area contributed by atoms with Crippen molar-refractivity contribution in [2.24, 2.45) is 0 Å². The molecule has 8 nitrogen and oxygen atoms in total. The van der Waals surface area contributed by atoms with Gasteiger partial charge in [-0.15, -0.1) is 11.3 Å². The summed E-state index contributed by atoms with van der Waals surface area (Å²) in [6.07, 6.45) is 3.18. The number of thioether (sulfide) groups is 1. The topological polar surface area (TPSA) is 97.8 Å². The minimum atomic E-state index is -0.441. The highest BCUT2D eigenvalue weighted by molar-refractivity contribution is 8.18. The molecule has 0 aliphatic carbocycles. The van der Waals surface area contributed by atoms with Gasteiger partial charge in [-0.25, -0.2) is 4.98 Å². The fourth-order valence-corrected chi connectivity index (χ4v) is 4.70. The fraction of sp³-hybridized carbons (Fsp3) is 0.167. The predicted octanol–water partition coefficient (Wildman–Crippen LogP) is 5.45. The van der Waals surface area contributed by atoms with Gasteiger partial charge in [0.1, 0.15) is 6.61 Å². The summed E-state index contributed by atoms with van der Waals surface area (Å²) >= 11 is 8.04. The zero-order valence-corrected chi connectivity index (χ0v) is 20.9. The molecule has 4 rings (SSSR count). The number of anilines is 1. The third kappa shape index (κ3) is 6.41. The van der Waals surface area contributed by atoms with Gasteiger partial charge in [0, 0.05) is 29.6 Å². The summed E-state index contributed by atoms with van der Waals surface area (Å²) in [6, 6.07) is 12.6. The van der Waals surface area contributed by atoms with E-state index < -0.39 is 11.1 Å². The second-order valence-electron chi connectivity index (χ2n) is 7.29. The third-order valence-electron chi connectivity index (χ3n) is 4.91. The molecule has 180 valence electrons. The van der Waals surface area contributed by atoms with Crippen LogP contribution in [0.1, 0.15) is 17.5 Å². The Morgan fingerprint density at radius 2 is 1.97 bits per heavy atom. The molecule has 2 aromatic carbocycles. The van der Waals surface area contributed by atoms with Crippen LogP contribution in [-0.4, -0.2) is 40.6 Å². The summed E-state index contributed by atoms with van der Waals surface area (Å²) in [7, 11) is 1.53. The summed E-state index contributed by atoms with van der Waals surface area (Å²) in [5.74, 6) is 0.274. The molecule has 0 saturated carbocycles. The van der Waals surface area contributed by atoms with Crippen molar-refractivity contribution in [3.8, 4) is 11.5 Å². The van der Waals surface area contributed by atoms with E-state index in [0.29, 0.717) is 33.8 Å². The molecule has 35 heavy (non-hydrogen) atoms. The lowest BCUT2D eigenvalue weighted by atomic mass is 10.1. The monoisotopic (exact) mass is 529 g/mol. The SMILES string of the molecule is COc1cc(C=C2SC(=O)N(CCC(=O)Nc3nccs3)C2=O)ccc1OCc1ccc(Cl)cc1. The Morgan fingerprint density at radius 1 is 1.17 bits per heavy atom. The molecule has 1 saturated heterocycles. The van der Waals surface area contributed by atoms with Gasteiger partial charge in [-0.05, 0) is 53.2 Å². The lowest BCUT2D eigenvalue weighted by molar-refractivity contribution is -0.123. The molecule has 0 spiro atoms. The number of amides is 3. The lowest BCUT2D eigenvalue weighted by Crippen LogP contribution is -2.31. The lowest BCUT2D eigenvalue weighted by Gasteiger charge is -2.12. The quantitative estimate of drug-likeness (QED) is 0.368. The zero-order valence-electron chi connectivity index (χ0n) is 18.5. The molecule has 0 bridgehead atoms. The van der Waals surface area contributed by atoms with Gasteiger partial charge in [-0.3, -0.25) is 19.3 Å². The van der Waals surface area contributed by atoms with Crippen molar-refractivity contribution in [3.63, 3.8) is 0 Å². The Hall–Kier alpha value is -3.34. The highest BCUT2D eigenvalue weighted by atomic mass is 35.5. The van der Waals surface area contributed by atoms with Gasteiger partial charge >= 0.3 is 0 Å². The maximum atomic E-state index is 12.8. The van der Waals surface area contributed by atoms with Crippen molar-refractivity contribution < 1.29 is 23.9 Å². The molecule has 0 unspecified atom stereocenters. The molecule has 11 heteroatoms. The predicted molar refractivity (Wildman–Crippen MR) is 137 cm³/mol. The number of hydrogen-bond acceptors (Lipinski definition) is 8. The number of methoxy groups -OCH3 is 1. The molecule has 1 fully saturated rings. The third-order valence-corrected chi connectivity index (χ3v) is 6.76. The Labute approximate surface area is 214 Å². The highest BCUT2D eigenvalue weighted by Gasteiger charge is 2.35. The Balaban J connectivity index is 1.39. The number of thiazole rings is 1. The summed E-state index contributed by atoms with van der Waals surface area (Å²) in [4.78, 5) is 42.5. The van der Waals surface area contributed by atoms with Crippen molar-refractivity contribution in [1.29, 1.82) is 0 Å². The van der Waals surface area contributed by atoms with E-state index in [0.717, 1.165) is 22.2 Å². The zero-order chi connectivity index (χ0) is 24.8. The number of nitrogens with zero attached hydrogens (tertiary/aromatic N) is 2. The van der Waals surface area contributed by atoms with E-state index >= 15 is 0 Å². The van der Waals surface area contributed by atoms with Gasteiger partial charge in [0.15, 0.2) is 16.6 Å². The van der Waals surface area contributed by atoms with E-state index in [1.54, 1.807) is 48.0 Å². The Morgan fingerprint density at radius 3 is 2.69 bits per heavy atom. The molecule has 0 atom stereocenters. The van der Waals surface area contributed by atoms with Crippen LogP contribution in [-0.2, 0) is 16.2 Å². The first-order chi connectivity index (χ1) is 16.9. The largest absolute Gasteiger partial charge is 0.493 e. The minimum absolute atomic E-state index is 0.0139. The average molecular weight is 530 g/mol. The van der Waals surface area contributed by atoms with E-state index in [4.69, 9.17) is 21.1 Å². The van der Waals surface area contributed by atoms with Crippen molar-refractivity contribution in [1.82, 2.24) is 9.88 Å². The van der Waals surface area contributed by atoms with Gasteiger partial charge in [0.25, 0.3) is 11.1 Å². The maximum absolute atomic E-state index is 12.8. The number of carbonyl (C=O) groups is 3. The number of imide groups is 1. The molecular weight excluding hydrogens is 510 g/mol. The van der Waals surface area contributed by atoms with E-state index in [-0.39, 0.29) is 23.8 Å². The summed E-state index contributed by atoms with van der Waals surface area (Å²) in [5.41, 5.74) is 1.63. The smallest absolute Gasteiger partial charge is 0.293 e. The van der Waals surface area contributed by atoms with Gasteiger partial charge in [-0.1, -0.05) is 29.8 Å². The maximum Gasteiger partial charge on any atom is 0.293 e. The summed E-state index contributed by atoms with van der Waals surface area (Å²) in [6.45, 7) is 0.321. The van der Waals surface area contributed by atoms with Crippen LogP contribution in [0.25, 0.3) is 6.08 Å². The van der Waals surface area contributed by atoms with Crippen LogP contribution in [0.15, 0.2) is 58.9 Å². The molecule has 0 radical (unpaired) electrons. The van der Waals surface area contributed by atoms with Crippen LogP contribution in [0.3, 0.4) is 0 Å². The van der Waals surface area contributed by atoms with Gasteiger partial charge in [0.2, 0.25) is 5.91 Å². The minimum Gasteiger partial charge on any atom is -0.493 e. The first-order valence-electron chi connectivity index (χ1n) is 10.4. The second-order valence-corrected chi connectivity index (χ2v) is 9.62. The molecular formula is C24H20ClN3O5S2. The highest BCUT2D eigenvalue weighted by Crippen LogP contribution is 2.35. The Kier molecular flexibility index (Phi) is 8.06. The first kappa shape index (κ1) is 24.8. The number of nitrogens with one attached hydrogen (secondary N) is 1. The summed E-state index contributed by atoms with van der Waals surface area (Å²) in [5, 5.41) is 5.08. The van der Waals surface area contributed by atoms with E-state index in [2.05, 4.69) is 10.3 Å². The second kappa shape index (κ2) is 11.4. The Bertz CT molecular complexity index is 1260. The number of benzene rings is 2. The number of aromatic nitrogens is 1. The van der Waals surface area contributed by atoms with E-state index in [9.17, 15) is 14.4 Å². The van der Waals surface area contributed by atoms with Crippen molar-refractivity contribution in [2.45, 2.75) is 13.0 Å². The van der Waals surface area contributed by atoms with Crippen LogP contribution < -0.4 is 14.8 Å². The molecule has 1 N–H and O–H groups in total. The fourth-order valence-electron chi connectivity index (χ4n) is 3.16. The van der Waals surface area contributed by atoms with Crippen molar-refractivity contribution in [2.75, 3.05) is 19.0 Å². The molecule has 1 aromatic heterocycles. The van der Waals surface area contributed by atoms with E-state index in [1.807, 2.05) is 12.1 Å². The van der Waals surface area contributed by atoms with Crippen LogP contribution in [0, 0.1) is 0 Å². The molecule has 3 aromatic rings. The normalized spacial score (nSPS) is 14.5. The number of hydrogen-bond donors (Lipinski definition) is 1. The van der Waals surface area contributed by atoms with Crippen LogP contribution in [0.5, 0.6) is 11.5 Å². The van der Waals surface area contributed by atoms with Crippen molar-refractivity contribution >= 4 is 63.0 Å². The molecule has 2 heterocycles. The average Bonchev–Trinajstić information content (AvgIpc) is 3.45. The molecule has 1 aliphatic rings. The van der Waals surface area contributed by atoms with E-state index in [1.165, 1.54) is 18.4 Å². The van der Waals surface area contributed by atoms with Crippen LogP contribution in [0.2, 0.25) is 5.02 Å². The number of carbonyl (C=O) groups excluding carboxylic acids is 3. The van der Waals surface area contributed by atoms with Gasteiger partial charge < -0.3 is 14.8 Å². The van der Waals surface area contributed by atoms with Crippen molar-refractivity contribution in [3.05, 3.63) is 75.1 Å².